The third-order valence-electron chi connectivity index (χ3n) is 3.25. The van der Waals surface area contributed by atoms with Crippen molar-refractivity contribution in [2.75, 3.05) is 41.2 Å². The van der Waals surface area contributed by atoms with Crippen molar-refractivity contribution in [3.05, 3.63) is 17.3 Å². The van der Waals surface area contributed by atoms with Gasteiger partial charge in [0.1, 0.15) is 17.2 Å². The van der Waals surface area contributed by atoms with Crippen LogP contribution in [-0.4, -0.2) is 55.9 Å². The third kappa shape index (κ3) is 3.94. The van der Waals surface area contributed by atoms with Gasteiger partial charge >= 0.3 is 8.64 Å². The lowest BCUT2D eigenvalue weighted by molar-refractivity contribution is 0.114. The maximum atomic E-state index is 5.56. The molecule has 1 fully saturated rings. The maximum absolute atomic E-state index is 5.56. The highest BCUT2D eigenvalue weighted by Gasteiger charge is 2.22. The Morgan fingerprint density at radius 3 is 2.70 bits per heavy atom. The van der Waals surface area contributed by atoms with Crippen molar-refractivity contribution < 1.29 is 23.4 Å². The molecule has 0 radical (unpaired) electrons. The Kier molecular flexibility index (Phi) is 5.81. The summed E-state index contributed by atoms with van der Waals surface area (Å²) in [7, 11) is 3.88. The quantitative estimate of drug-likeness (QED) is 0.389. The largest absolute Gasteiger partial charge is 0.548 e. The van der Waals surface area contributed by atoms with Gasteiger partial charge in [0.05, 0.1) is 34.5 Å². The van der Waals surface area contributed by atoms with Gasteiger partial charge in [0.15, 0.2) is 0 Å². The Bertz CT molecular complexity index is 434. The van der Waals surface area contributed by atoms with E-state index in [2.05, 4.69) is 0 Å². The summed E-state index contributed by atoms with van der Waals surface area (Å²) in [4.78, 5) is 0. The van der Waals surface area contributed by atoms with Crippen molar-refractivity contribution in [1.82, 2.24) is 0 Å². The Hall–Kier alpha value is -1.11. The molecule has 0 aromatic carbocycles. The summed E-state index contributed by atoms with van der Waals surface area (Å²) in [5.41, 5.74) is 3.13. The van der Waals surface area contributed by atoms with Crippen LogP contribution < -0.4 is 13.9 Å². The Morgan fingerprint density at radius 2 is 2.10 bits per heavy atom. The monoisotopic (exact) mass is 298 g/mol. The minimum Gasteiger partial charge on any atom is -0.548 e. The average Bonchev–Trinajstić information content (AvgIpc) is 3.30. The molecule has 6 heteroatoms. The van der Waals surface area contributed by atoms with Crippen LogP contribution in [0.1, 0.15) is 12.0 Å². The number of ether oxygens (including phenoxy) is 4. The molecule has 1 aliphatic heterocycles. The summed E-state index contributed by atoms with van der Waals surface area (Å²) in [6.45, 7) is 2.26. The molecule has 5 nitrogen and oxygen atoms in total. The Labute approximate surface area is 121 Å². The van der Waals surface area contributed by atoms with E-state index in [1.165, 1.54) is 0 Å². The number of rotatable bonds is 9. The van der Waals surface area contributed by atoms with Crippen LogP contribution in [0.25, 0.3) is 0 Å². The maximum Gasteiger partial charge on any atom is 0.308 e. The molecule has 2 heterocycles. The van der Waals surface area contributed by atoms with E-state index in [0.717, 1.165) is 42.7 Å². The molecule has 0 saturated carbocycles. The highest BCUT2D eigenvalue weighted by atomic mass is 28.3. The molecule has 1 saturated heterocycles. The third-order valence-corrected chi connectivity index (χ3v) is 5.11. The predicted molar refractivity (Wildman–Crippen MR) is 76.9 cm³/mol. The molecule has 1 aromatic rings. The van der Waals surface area contributed by atoms with E-state index in [1.54, 1.807) is 21.3 Å². The van der Waals surface area contributed by atoms with E-state index in [1.807, 2.05) is 11.7 Å². The zero-order valence-electron chi connectivity index (χ0n) is 12.3. The van der Waals surface area contributed by atoms with E-state index >= 15 is 0 Å². The second-order valence-electron chi connectivity index (χ2n) is 4.62. The van der Waals surface area contributed by atoms with Crippen LogP contribution in [0.4, 0.5) is 0 Å². The zero-order valence-corrected chi connectivity index (χ0v) is 13.3. The van der Waals surface area contributed by atoms with E-state index < -0.39 is 8.64 Å². The zero-order chi connectivity index (χ0) is 14.4. The summed E-state index contributed by atoms with van der Waals surface area (Å²) >= 11 is 0. The van der Waals surface area contributed by atoms with Crippen molar-refractivity contribution in [3.8, 4) is 11.1 Å². The summed E-state index contributed by atoms with van der Waals surface area (Å²) < 4.78 is 27.1. The average molecular weight is 298 g/mol. The first-order chi connectivity index (χ1) is 9.80. The molecule has 0 amide bonds. The molecule has 0 N–H and O–H groups in total. The lowest BCUT2D eigenvalue weighted by atomic mass is 10.1. The smallest absolute Gasteiger partial charge is 0.308 e. The van der Waals surface area contributed by atoms with Crippen LogP contribution in [0.15, 0.2) is 11.7 Å². The Morgan fingerprint density at radius 1 is 1.30 bits per heavy atom. The SMILES string of the molecule is COc1cc[si](OC)c(OC)c1CCCOCC1CO1. The molecule has 112 valence electrons. The van der Waals surface area contributed by atoms with E-state index in [0.29, 0.717) is 12.7 Å². The number of hydrogen-bond donors (Lipinski definition) is 0. The van der Waals surface area contributed by atoms with E-state index in [4.69, 9.17) is 23.4 Å². The van der Waals surface area contributed by atoms with Gasteiger partial charge in [0.2, 0.25) is 0 Å². The van der Waals surface area contributed by atoms with Crippen LogP contribution in [-0.2, 0) is 15.9 Å². The topological polar surface area (TPSA) is 49.5 Å². The minimum absolute atomic E-state index is 0.325. The molecule has 1 atom stereocenters. The minimum atomic E-state index is -1.20. The normalized spacial score (nSPS) is 16.9. The first-order valence-corrected chi connectivity index (χ1v) is 8.26. The van der Waals surface area contributed by atoms with Gasteiger partial charge in [-0.05, 0) is 24.6 Å². The highest BCUT2D eigenvalue weighted by molar-refractivity contribution is 6.50. The van der Waals surface area contributed by atoms with Gasteiger partial charge < -0.3 is 23.4 Å². The molecule has 2 rings (SSSR count). The highest BCUT2D eigenvalue weighted by Crippen LogP contribution is 2.28. The fraction of sp³-hybridized carbons (Fsp3) is 0.643. The van der Waals surface area contributed by atoms with Crippen molar-refractivity contribution in [2.24, 2.45) is 0 Å². The van der Waals surface area contributed by atoms with Crippen molar-refractivity contribution >= 4 is 8.64 Å². The van der Waals surface area contributed by atoms with E-state index in [9.17, 15) is 0 Å². The lowest BCUT2D eigenvalue weighted by Gasteiger charge is -2.15. The van der Waals surface area contributed by atoms with Gasteiger partial charge in [-0.25, -0.2) is 0 Å². The van der Waals surface area contributed by atoms with Crippen molar-refractivity contribution in [3.63, 3.8) is 0 Å². The van der Waals surface area contributed by atoms with Gasteiger partial charge in [-0.3, -0.25) is 0 Å². The molecule has 1 unspecified atom stereocenters. The molecule has 0 bridgehead atoms. The molecular formula is C14H22O5Si. The van der Waals surface area contributed by atoms with Gasteiger partial charge in [0, 0.05) is 12.2 Å². The van der Waals surface area contributed by atoms with E-state index in [-0.39, 0.29) is 0 Å². The summed E-state index contributed by atoms with van der Waals surface area (Å²) in [5, 5.41) is 0.919. The van der Waals surface area contributed by atoms with Gasteiger partial charge in [-0.1, -0.05) is 0 Å². The lowest BCUT2D eigenvalue weighted by Crippen LogP contribution is -2.14. The fourth-order valence-corrected chi connectivity index (χ4v) is 3.65. The second-order valence-corrected chi connectivity index (χ2v) is 6.54. The van der Waals surface area contributed by atoms with Gasteiger partial charge in [0.25, 0.3) is 0 Å². The molecule has 1 aliphatic rings. The van der Waals surface area contributed by atoms with Crippen LogP contribution >= 0.6 is 0 Å². The van der Waals surface area contributed by atoms with Crippen LogP contribution in [0.3, 0.4) is 0 Å². The summed E-state index contributed by atoms with van der Waals surface area (Å²) in [6.07, 6.45) is 2.11. The van der Waals surface area contributed by atoms with Gasteiger partial charge in [-0.2, -0.15) is 0 Å². The Balaban J connectivity index is 1.95. The van der Waals surface area contributed by atoms with Crippen molar-refractivity contribution in [2.45, 2.75) is 18.9 Å². The summed E-state index contributed by atoms with van der Waals surface area (Å²) in [5.74, 6) is 0.859. The molecule has 1 aromatic heterocycles. The molecule has 0 spiro atoms. The van der Waals surface area contributed by atoms with Crippen LogP contribution in [0, 0.1) is 0 Å². The number of epoxide rings is 1. The van der Waals surface area contributed by atoms with Crippen LogP contribution in [0.2, 0.25) is 0 Å². The van der Waals surface area contributed by atoms with Gasteiger partial charge in [-0.15, -0.1) is 0 Å². The molecular weight excluding hydrogens is 276 g/mol. The predicted octanol–water partition coefficient (Wildman–Crippen LogP) is 1.14. The summed E-state index contributed by atoms with van der Waals surface area (Å²) in [6, 6.07) is 1.98. The van der Waals surface area contributed by atoms with Crippen molar-refractivity contribution in [1.29, 1.82) is 0 Å². The molecule has 20 heavy (non-hydrogen) atoms. The number of hydrogen-bond acceptors (Lipinski definition) is 5. The number of methoxy groups -OCH3 is 2. The standard InChI is InChI=1S/C14H22O5Si/c1-15-13-6-8-20(17-3)14(16-2)12(13)5-4-7-18-9-11-10-19-11/h6,8,11H,4-5,7,9-10H2,1-3H3. The second kappa shape index (κ2) is 7.61. The first kappa shape index (κ1) is 15.3. The first-order valence-electron chi connectivity index (χ1n) is 6.77. The fourth-order valence-electron chi connectivity index (χ4n) is 2.13. The van der Waals surface area contributed by atoms with Crippen LogP contribution in [0.5, 0.6) is 11.1 Å². The molecule has 0 aliphatic carbocycles.